The molecule has 4 atom stereocenters. The van der Waals surface area contributed by atoms with Crippen molar-refractivity contribution >= 4 is 15.9 Å². The van der Waals surface area contributed by atoms with Crippen LogP contribution in [0.25, 0.3) is 0 Å². The fourth-order valence-corrected chi connectivity index (χ4v) is 7.62. The van der Waals surface area contributed by atoms with E-state index in [0.717, 1.165) is 23.0 Å². The summed E-state index contributed by atoms with van der Waals surface area (Å²) in [5.41, 5.74) is 1.84. The van der Waals surface area contributed by atoms with Crippen molar-refractivity contribution in [1.82, 2.24) is 9.62 Å². The summed E-state index contributed by atoms with van der Waals surface area (Å²) in [4.78, 5) is 13.2. The molecule has 6 heteroatoms. The van der Waals surface area contributed by atoms with E-state index in [1.807, 2.05) is 26.0 Å². The first-order chi connectivity index (χ1) is 13.8. The third-order valence-corrected chi connectivity index (χ3v) is 9.64. The van der Waals surface area contributed by atoms with Gasteiger partial charge in [0.1, 0.15) is 0 Å². The summed E-state index contributed by atoms with van der Waals surface area (Å²) in [6.45, 7) is 6.79. The first-order valence-electron chi connectivity index (χ1n) is 11.1. The van der Waals surface area contributed by atoms with Crippen LogP contribution in [0.4, 0.5) is 0 Å². The minimum absolute atomic E-state index is 0.0818. The van der Waals surface area contributed by atoms with E-state index in [9.17, 15) is 13.2 Å². The quantitative estimate of drug-likeness (QED) is 0.794. The normalized spacial score (nSPS) is 29.1. The molecule has 5 nitrogen and oxygen atoms in total. The van der Waals surface area contributed by atoms with Crippen LogP contribution in [0.3, 0.4) is 0 Å². The average molecular weight is 419 g/mol. The van der Waals surface area contributed by atoms with Crippen LogP contribution in [0.1, 0.15) is 56.6 Å². The SMILES string of the molecule is Cc1ccc(S(=O)(=O)N2CCC(C(=O)NC(C)C3CC4CCC3C4)CC2)c(C)c1. The van der Waals surface area contributed by atoms with Crippen molar-refractivity contribution in [3.8, 4) is 0 Å². The second-order valence-electron chi connectivity index (χ2n) is 9.58. The fourth-order valence-electron chi connectivity index (χ4n) is 5.94. The lowest BCUT2D eigenvalue weighted by Gasteiger charge is -2.33. The number of nitrogens with one attached hydrogen (secondary N) is 1. The molecule has 4 unspecified atom stereocenters. The standard InChI is InChI=1S/C23H34N2O3S/c1-15-4-7-22(16(2)12-15)29(27,28)25-10-8-19(9-11-25)23(26)24-17(3)21-14-18-5-6-20(21)13-18/h4,7,12,17-21H,5-6,8-11,13-14H2,1-3H3,(H,24,26). The zero-order valence-electron chi connectivity index (χ0n) is 17.9. The number of sulfonamides is 1. The largest absolute Gasteiger partial charge is 0.353 e. The second kappa shape index (κ2) is 8.03. The summed E-state index contributed by atoms with van der Waals surface area (Å²) >= 11 is 0. The molecule has 4 rings (SSSR count). The monoisotopic (exact) mass is 418 g/mol. The lowest BCUT2D eigenvalue weighted by molar-refractivity contribution is -0.127. The molecule has 2 saturated carbocycles. The summed E-state index contributed by atoms with van der Waals surface area (Å²) in [7, 11) is -3.50. The average Bonchev–Trinajstić information content (AvgIpc) is 3.31. The van der Waals surface area contributed by atoms with E-state index in [-0.39, 0.29) is 17.9 Å². The second-order valence-corrected chi connectivity index (χ2v) is 11.5. The number of carbonyl (C=O) groups excluding carboxylic acids is 1. The van der Waals surface area contributed by atoms with Gasteiger partial charge in [0.15, 0.2) is 0 Å². The minimum atomic E-state index is -3.50. The molecule has 1 amide bonds. The highest BCUT2D eigenvalue weighted by atomic mass is 32.2. The molecule has 1 N–H and O–H groups in total. The third-order valence-electron chi connectivity index (χ3n) is 7.58. The van der Waals surface area contributed by atoms with Crippen LogP contribution >= 0.6 is 0 Å². The number of aryl methyl sites for hydroxylation is 2. The minimum Gasteiger partial charge on any atom is -0.353 e. The first kappa shape index (κ1) is 20.9. The molecule has 2 aliphatic carbocycles. The predicted octanol–water partition coefficient (Wildman–Crippen LogP) is 3.65. The third kappa shape index (κ3) is 4.11. The molecule has 3 aliphatic rings. The van der Waals surface area contributed by atoms with Gasteiger partial charge in [-0.3, -0.25) is 4.79 Å². The molecule has 1 aromatic carbocycles. The Hall–Kier alpha value is -1.40. The van der Waals surface area contributed by atoms with Gasteiger partial charge in [-0.25, -0.2) is 8.42 Å². The lowest BCUT2D eigenvalue weighted by atomic mass is 9.83. The Morgan fingerprint density at radius 3 is 2.41 bits per heavy atom. The van der Waals surface area contributed by atoms with Crippen LogP contribution in [-0.2, 0) is 14.8 Å². The molecule has 0 spiro atoms. The topological polar surface area (TPSA) is 66.5 Å². The van der Waals surface area contributed by atoms with E-state index >= 15 is 0 Å². The molecule has 1 saturated heterocycles. The van der Waals surface area contributed by atoms with Gasteiger partial charge in [-0.1, -0.05) is 24.1 Å². The Bertz CT molecular complexity index is 874. The summed E-state index contributed by atoms with van der Waals surface area (Å²) in [6.07, 6.45) is 6.50. The first-order valence-corrected chi connectivity index (χ1v) is 12.6. The molecular weight excluding hydrogens is 384 g/mol. The highest BCUT2D eigenvalue weighted by molar-refractivity contribution is 7.89. The predicted molar refractivity (Wildman–Crippen MR) is 114 cm³/mol. The van der Waals surface area contributed by atoms with Gasteiger partial charge in [-0.15, -0.1) is 0 Å². The van der Waals surface area contributed by atoms with Gasteiger partial charge in [0.2, 0.25) is 15.9 Å². The number of amides is 1. The van der Waals surface area contributed by atoms with E-state index in [1.54, 1.807) is 10.4 Å². The van der Waals surface area contributed by atoms with Gasteiger partial charge < -0.3 is 5.32 Å². The van der Waals surface area contributed by atoms with Crippen LogP contribution in [0.2, 0.25) is 0 Å². The summed E-state index contributed by atoms with van der Waals surface area (Å²) in [5.74, 6) is 2.33. The number of rotatable bonds is 5. The van der Waals surface area contributed by atoms with Gasteiger partial charge in [0.05, 0.1) is 4.90 Å². The fraction of sp³-hybridized carbons (Fsp3) is 0.696. The molecule has 29 heavy (non-hydrogen) atoms. The van der Waals surface area contributed by atoms with Crippen molar-refractivity contribution < 1.29 is 13.2 Å². The van der Waals surface area contributed by atoms with Crippen molar-refractivity contribution in [1.29, 1.82) is 0 Å². The molecular formula is C23H34N2O3S. The number of hydrogen-bond acceptors (Lipinski definition) is 3. The Morgan fingerprint density at radius 2 is 1.83 bits per heavy atom. The van der Waals surface area contributed by atoms with Gasteiger partial charge in [-0.2, -0.15) is 4.31 Å². The number of carbonyl (C=O) groups is 1. The summed E-state index contributed by atoms with van der Waals surface area (Å²) in [5, 5.41) is 3.27. The molecule has 160 valence electrons. The number of piperidine rings is 1. The lowest BCUT2D eigenvalue weighted by Crippen LogP contribution is -2.47. The van der Waals surface area contributed by atoms with Crippen LogP contribution in [-0.4, -0.2) is 37.8 Å². The number of fused-ring (bicyclic) bond motifs is 2. The summed E-state index contributed by atoms with van der Waals surface area (Å²) < 4.78 is 27.6. The van der Waals surface area contributed by atoms with Gasteiger partial charge in [0.25, 0.3) is 0 Å². The van der Waals surface area contributed by atoms with E-state index in [0.29, 0.717) is 36.7 Å². The van der Waals surface area contributed by atoms with E-state index in [2.05, 4.69) is 12.2 Å². The van der Waals surface area contributed by atoms with Crippen LogP contribution in [0.5, 0.6) is 0 Å². The summed E-state index contributed by atoms with van der Waals surface area (Å²) in [6, 6.07) is 5.69. The van der Waals surface area contributed by atoms with Gasteiger partial charge >= 0.3 is 0 Å². The maximum Gasteiger partial charge on any atom is 0.243 e. The van der Waals surface area contributed by atoms with Crippen LogP contribution in [0, 0.1) is 37.5 Å². The van der Waals surface area contributed by atoms with Crippen molar-refractivity contribution in [2.75, 3.05) is 13.1 Å². The number of hydrogen-bond donors (Lipinski definition) is 1. The van der Waals surface area contributed by atoms with Crippen LogP contribution in [0.15, 0.2) is 23.1 Å². The van der Waals surface area contributed by atoms with E-state index in [1.165, 1.54) is 25.7 Å². The zero-order valence-corrected chi connectivity index (χ0v) is 18.7. The number of benzene rings is 1. The van der Waals surface area contributed by atoms with Crippen molar-refractivity contribution in [3.63, 3.8) is 0 Å². The smallest absolute Gasteiger partial charge is 0.243 e. The number of nitrogens with zero attached hydrogens (tertiary/aromatic N) is 1. The molecule has 1 heterocycles. The molecule has 0 radical (unpaired) electrons. The van der Waals surface area contributed by atoms with Crippen LogP contribution < -0.4 is 5.32 Å². The van der Waals surface area contributed by atoms with Crippen molar-refractivity contribution in [2.24, 2.45) is 23.7 Å². The molecule has 3 fully saturated rings. The Kier molecular flexibility index (Phi) is 5.77. The van der Waals surface area contributed by atoms with Crippen molar-refractivity contribution in [2.45, 2.75) is 70.2 Å². The molecule has 1 aliphatic heterocycles. The van der Waals surface area contributed by atoms with Gasteiger partial charge in [0, 0.05) is 25.0 Å². The van der Waals surface area contributed by atoms with E-state index in [4.69, 9.17) is 0 Å². The van der Waals surface area contributed by atoms with Crippen molar-refractivity contribution in [3.05, 3.63) is 29.3 Å². The molecule has 2 bridgehead atoms. The molecule has 0 aromatic heterocycles. The Morgan fingerprint density at radius 1 is 1.10 bits per heavy atom. The Balaban J connectivity index is 1.33. The maximum absolute atomic E-state index is 13.0. The highest BCUT2D eigenvalue weighted by Crippen LogP contribution is 2.49. The maximum atomic E-state index is 13.0. The Labute approximate surface area is 175 Å². The van der Waals surface area contributed by atoms with E-state index < -0.39 is 10.0 Å². The molecule has 1 aromatic rings. The highest BCUT2D eigenvalue weighted by Gasteiger charge is 2.42. The zero-order chi connectivity index (χ0) is 20.8. The van der Waals surface area contributed by atoms with Gasteiger partial charge in [-0.05, 0) is 82.3 Å².